The van der Waals surface area contributed by atoms with Crippen LogP contribution < -0.4 is 9.62 Å². The number of carbonyl (C=O) groups is 1. The van der Waals surface area contributed by atoms with Crippen LogP contribution in [0.25, 0.3) is 0 Å². The van der Waals surface area contributed by atoms with Gasteiger partial charge in [-0.2, -0.15) is 0 Å². The summed E-state index contributed by atoms with van der Waals surface area (Å²) in [5.74, 6) is -0.422. The van der Waals surface area contributed by atoms with Gasteiger partial charge in [0.1, 0.15) is 6.54 Å². The molecule has 5 nitrogen and oxygen atoms in total. The van der Waals surface area contributed by atoms with Crippen molar-refractivity contribution in [1.29, 1.82) is 0 Å². The third kappa shape index (κ3) is 5.27. The van der Waals surface area contributed by atoms with E-state index in [0.717, 1.165) is 26.6 Å². The summed E-state index contributed by atoms with van der Waals surface area (Å²) in [6.07, 6.45) is 0. The van der Waals surface area contributed by atoms with E-state index in [9.17, 15) is 13.2 Å². The number of nitrogens with one attached hydrogen (secondary N) is 1. The van der Waals surface area contributed by atoms with Crippen molar-refractivity contribution in [1.82, 2.24) is 0 Å². The van der Waals surface area contributed by atoms with E-state index in [-0.39, 0.29) is 11.4 Å². The van der Waals surface area contributed by atoms with Gasteiger partial charge in [0.25, 0.3) is 10.0 Å². The number of aryl methyl sites for hydroxylation is 4. The van der Waals surface area contributed by atoms with Crippen molar-refractivity contribution in [3.63, 3.8) is 0 Å². The molecule has 0 fully saturated rings. The Balaban J connectivity index is 1.98. The van der Waals surface area contributed by atoms with Crippen molar-refractivity contribution < 1.29 is 13.2 Å². The quantitative estimate of drug-likeness (QED) is 0.539. The molecule has 0 atom stereocenters. The Morgan fingerprint density at radius 1 is 0.903 bits per heavy atom. The van der Waals surface area contributed by atoms with Crippen LogP contribution in [0.15, 0.2) is 65.6 Å². The van der Waals surface area contributed by atoms with Gasteiger partial charge in [0.2, 0.25) is 5.91 Å². The van der Waals surface area contributed by atoms with E-state index in [0.29, 0.717) is 16.4 Å². The van der Waals surface area contributed by atoms with Crippen molar-refractivity contribution in [3.05, 3.63) is 87.9 Å². The fraction of sp³-hybridized carbons (Fsp3) is 0.208. The molecule has 0 bridgehead atoms. The maximum Gasteiger partial charge on any atom is 0.264 e. The number of hydrogen-bond acceptors (Lipinski definition) is 3. The second-order valence-electron chi connectivity index (χ2n) is 7.63. The first kappa shape index (κ1) is 22.8. The molecule has 1 amide bonds. The normalized spacial score (nSPS) is 11.3. The number of nitrogens with zero attached hydrogens (tertiary/aromatic N) is 1. The van der Waals surface area contributed by atoms with E-state index >= 15 is 0 Å². The van der Waals surface area contributed by atoms with E-state index in [2.05, 4.69) is 5.32 Å². The van der Waals surface area contributed by atoms with Crippen LogP contribution in [0.1, 0.15) is 22.3 Å². The molecule has 0 aliphatic heterocycles. The molecule has 3 aromatic rings. The Labute approximate surface area is 188 Å². The van der Waals surface area contributed by atoms with Gasteiger partial charge in [-0.25, -0.2) is 8.42 Å². The third-order valence-corrected chi connectivity index (χ3v) is 6.96. The van der Waals surface area contributed by atoms with Gasteiger partial charge in [-0.05, 0) is 80.8 Å². The predicted octanol–water partition coefficient (Wildman–Crippen LogP) is 5.41. The Kier molecular flexibility index (Phi) is 6.72. The van der Waals surface area contributed by atoms with Gasteiger partial charge in [-0.3, -0.25) is 9.10 Å². The maximum atomic E-state index is 13.4. The molecule has 0 saturated heterocycles. The number of sulfonamides is 1. The van der Waals surface area contributed by atoms with Crippen LogP contribution in [-0.4, -0.2) is 20.9 Å². The first-order valence-electron chi connectivity index (χ1n) is 9.80. The van der Waals surface area contributed by atoms with Gasteiger partial charge >= 0.3 is 0 Å². The number of carbonyl (C=O) groups excluding carboxylic acids is 1. The standard InChI is InChI=1S/C24H25ClN2O3S/c1-16-6-5-7-21(14-16)27(31(29,30)22-10-8-20(25)9-11-22)15-23(28)26-24-18(3)12-17(2)13-19(24)4/h5-14H,15H2,1-4H3,(H,26,28). The van der Waals surface area contributed by atoms with Crippen LogP contribution in [-0.2, 0) is 14.8 Å². The molecule has 0 spiro atoms. The molecule has 0 unspecified atom stereocenters. The highest BCUT2D eigenvalue weighted by Gasteiger charge is 2.27. The van der Waals surface area contributed by atoms with Crippen LogP contribution in [0.4, 0.5) is 11.4 Å². The van der Waals surface area contributed by atoms with E-state index in [4.69, 9.17) is 11.6 Å². The third-order valence-electron chi connectivity index (χ3n) is 4.92. The average molecular weight is 457 g/mol. The van der Waals surface area contributed by atoms with Gasteiger partial charge in [0.05, 0.1) is 10.6 Å². The molecule has 0 aromatic heterocycles. The number of benzene rings is 3. The fourth-order valence-electron chi connectivity index (χ4n) is 3.52. The lowest BCUT2D eigenvalue weighted by Gasteiger charge is -2.25. The predicted molar refractivity (Wildman–Crippen MR) is 126 cm³/mol. The van der Waals surface area contributed by atoms with Crippen molar-refractivity contribution in [3.8, 4) is 0 Å². The Bertz CT molecular complexity index is 1200. The zero-order valence-electron chi connectivity index (χ0n) is 17.9. The molecule has 162 valence electrons. The Hall–Kier alpha value is -2.83. The number of anilines is 2. The first-order chi connectivity index (χ1) is 14.6. The molecule has 31 heavy (non-hydrogen) atoms. The van der Waals surface area contributed by atoms with E-state index in [1.54, 1.807) is 18.2 Å². The SMILES string of the molecule is Cc1cccc(N(CC(=O)Nc2c(C)cc(C)cc2C)S(=O)(=O)c2ccc(Cl)cc2)c1. The largest absolute Gasteiger partial charge is 0.324 e. The van der Waals surface area contributed by atoms with Crippen LogP contribution in [0.2, 0.25) is 5.02 Å². The van der Waals surface area contributed by atoms with Gasteiger partial charge < -0.3 is 5.32 Å². The molecule has 7 heteroatoms. The van der Waals surface area contributed by atoms with Gasteiger partial charge in [0, 0.05) is 10.7 Å². The lowest BCUT2D eigenvalue weighted by molar-refractivity contribution is -0.114. The van der Waals surface area contributed by atoms with Crippen LogP contribution in [0, 0.1) is 27.7 Å². The summed E-state index contributed by atoms with van der Waals surface area (Å²) in [4.78, 5) is 13.0. The molecular weight excluding hydrogens is 432 g/mol. The average Bonchev–Trinajstić information content (AvgIpc) is 2.69. The van der Waals surface area contributed by atoms with E-state index in [1.165, 1.54) is 24.3 Å². The number of halogens is 1. The molecule has 3 aromatic carbocycles. The fourth-order valence-corrected chi connectivity index (χ4v) is 5.06. The van der Waals surface area contributed by atoms with Gasteiger partial charge in [0.15, 0.2) is 0 Å². The molecule has 0 aliphatic rings. The highest BCUT2D eigenvalue weighted by Crippen LogP contribution is 2.26. The summed E-state index contributed by atoms with van der Waals surface area (Å²) >= 11 is 5.92. The van der Waals surface area contributed by atoms with Gasteiger partial charge in [-0.1, -0.05) is 41.4 Å². The van der Waals surface area contributed by atoms with Crippen molar-refractivity contribution in [2.24, 2.45) is 0 Å². The molecule has 3 rings (SSSR count). The number of hydrogen-bond donors (Lipinski definition) is 1. The minimum absolute atomic E-state index is 0.0638. The van der Waals surface area contributed by atoms with Crippen LogP contribution in [0.3, 0.4) is 0 Å². The summed E-state index contributed by atoms with van der Waals surface area (Å²) < 4.78 is 28.0. The summed E-state index contributed by atoms with van der Waals surface area (Å²) in [6.45, 7) is 7.33. The zero-order chi connectivity index (χ0) is 22.8. The van der Waals surface area contributed by atoms with Crippen molar-refractivity contribution in [2.45, 2.75) is 32.6 Å². The highest BCUT2D eigenvalue weighted by molar-refractivity contribution is 7.92. The smallest absolute Gasteiger partial charge is 0.264 e. The first-order valence-corrected chi connectivity index (χ1v) is 11.6. The second kappa shape index (κ2) is 9.12. The topological polar surface area (TPSA) is 66.5 Å². The second-order valence-corrected chi connectivity index (χ2v) is 9.93. The highest BCUT2D eigenvalue weighted by atomic mass is 35.5. The minimum atomic E-state index is -3.99. The maximum absolute atomic E-state index is 13.4. The lowest BCUT2D eigenvalue weighted by atomic mass is 10.1. The number of amides is 1. The molecule has 0 radical (unpaired) electrons. The Morgan fingerprint density at radius 2 is 1.52 bits per heavy atom. The summed E-state index contributed by atoms with van der Waals surface area (Å²) in [6, 6.07) is 16.9. The van der Waals surface area contributed by atoms with Gasteiger partial charge in [-0.15, -0.1) is 0 Å². The monoisotopic (exact) mass is 456 g/mol. The lowest BCUT2D eigenvalue weighted by Crippen LogP contribution is -2.38. The van der Waals surface area contributed by atoms with Crippen molar-refractivity contribution >= 4 is 38.9 Å². The number of rotatable bonds is 6. The molecule has 0 saturated carbocycles. The van der Waals surface area contributed by atoms with Crippen LogP contribution >= 0.6 is 11.6 Å². The Morgan fingerprint density at radius 3 is 2.10 bits per heavy atom. The molecule has 0 aliphatic carbocycles. The van der Waals surface area contributed by atoms with Crippen LogP contribution in [0.5, 0.6) is 0 Å². The van der Waals surface area contributed by atoms with E-state index < -0.39 is 15.9 Å². The minimum Gasteiger partial charge on any atom is -0.324 e. The van der Waals surface area contributed by atoms with E-state index in [1.807, 2.05) is 45.9 Å². The molecule has 1 N–H and O–H groups in total. The summed E-state index contributed by atoms with van der Waals surface area (Å²) in [5, 5.41) is 3.32. The summed E-state index contributed by atoms with van der Waals surface area (Å²) in [5.41, 5.74) is 4.95. The molecule has 0 heterocycles. The summed E-state index contributed by atoms with van der Waals surface area (Å²) in [7, 11) is -3.99. The zero-order valence-corrected chi connectivity index (χ0v) is 19.5. The van der Waals surface area contributed by atoms with Crippen molar-refractivity contribution in [2.75, 3.05) is 16.2 Å². The molecular formula is C24H25ClN2O3S.